The van der Waals surface area contributed by atoms with E-state index in [9.17, 15) is 13.2 Å². The zero-order chi connectivity index (χ0) is 17.9. The lowest BCUT2D eigenvalue weighted by molar-refractivity contribution is -0.137. The van der Waals surface area contributed by atoms with Gasteiger partial charge in [0.2, 0.25) is 10.0 Å². The third-order valence-electron chi connectivity index (χ3n) is 4.54. The maximum absolute atomic E-state index is 12.4. The van der Waals surface area contributed by atoms with Gasteiger partial charge in [0.1, 0.15) is 11.4 Å². The summed E-state index contributed by atoms with van der Waals surface area (Å²) in [5.41, 5.74) is 2.70. The van der Waals surface area contributed by atoms with Crippen molar-refractivity contribution in [2.75, 3.05) is 6.54 Å². The van der Waals surface area contributed by atoms with Gasteiger partial charge in [0.05, 0.1) is 6.20 Å². The van der Waals surface area contributed by atoms with Gasteiger partial charge in [-0.1, -0.05) is 24.3 Å². The summed E-state index contributed by atoms with van der Waals surface area (Å²) in [6.07, 6.45) is 6.21. The summed E-state index contributed by atoms with van der Waals surface area (Å²) < 4.78 is 28.5. The summed E-state index contributed by atoms with van der Waals surface area (Å²) in [6.45, 7) is 0.0108. The summed E-state index contributed by atoms with van der Waals surface area (Å²) in [4.78, 5) is 10.7. The number of carboxylic acids is 1. The van der Waals surface area contributed by atoms with Crippen LogP contribution >= 0.6 is 0 Å². The zero-order valence-corrected chi connectivity index (χ0v) is 14.6. The molecule has 25 heavy (non-hydrogen) atoms. The van der Waals surface area contributed by atoms with Crippen LogP contribution in [0.2, 0.25) is 0 Å². The predicted molar refractivity (Wildman–Crippen MR) is 91.6 cm³/mol. The van der Waals surface area contributed by atoms with Crippen LogP contribution in [-0.4, -0.2) is 35.8 Å². The number of carboxylic acid groups (broad SMARTS) is 1. The number of fused-ring (bicyclic) bond motifs is 1. The minimum atomic E-state index is -3.68. The highest BCUT2D eigenvalue weighted by Crippen LogP contribution is 2.24. The van der Waals surface area contributed by atoms with Crippen LogP contribution in [0.15, 0.2) is 41.6 Å². The third kappa shape index (κ3) is 4.46. The normalized spacial score (nSPS) is 15.5. The Morgan fingerprint density at radius 1 is 1.24 bits per heavy atom. The summed E-state index contributed by atoms with van der Waals surface area (Å²) >= 11 is 0. The van der Waals surface area contributed by atoms with Gasteiger partial charge in [-0.25, -0.2) is 13.1 Å². The van der Waals surface area contributed by atoms with Gasteiger partial charge in [-0.15, -0.1) is 0 Å². The molecule has 1 heterocycles. The van der Waals surface area contributed by atoms with Crippen molar-refractivity contribution in [2.45, 2.75) is 37.1 Å². The Morgan fingerprint density at radius 2 is 1.88 bits per heavy atom. The molecule has 0 saturated carbocycles. The maximum Gasteiger partial charge on any atom is 0.325 e. The van der Waals surface area contributed by atoms with Gasteiger partial charge in [0.15, 0.2) is 0 Å². The van der Waals surface area contributed by atoms with Gasteiger partial charge in [-0.05, 0) is 42.7 Å². The molecule has 0 radical (unpaired) electrons. The van der Waals surface area contributed by atoms with Crippen LogP contribution in [0.1, 0.15) is 24.0 Å². The van der Waals surface area contributed by atoms with E-state index < -0.39 is 16.0 Å². The van der Waals surface area contributed by atoms with Crippen molar-refractivity contribution in [3.63, 3.8) is 0 Å². The number of sulfonamides is 1. The molecule has 1 aromatic carbocycles. The fourth-order valence-corrected chi connectivity index (χ4v) is 4.20. The molecule has 0 spiro atoms. The number of aryl methyl sites for hydroxylation is 2. The molecule has 2 aromatic rings. The van der Waals surface area contributed by atoms with Gasteiger partial charge in [0, 0.05) is 12.7 Å². The van der Waals surface area contributed by atoms with E-state index >= 15 is 0 Å². The first-order valence-electron chi connectivity index (χ1n) is 8.25. The van der Waals surface area contributed by atoms with Crippen molar-refractivity contribution in [3.8, 4) is 0 Å². The highest BCUT2D eigenvalue weighted by Gasteiger charge is 2.21. The number of nitrogens with zero attached hydrogens (tertiary/aromatic N) is 2. The first-order chi connectivity index (χ1) is 11.9. The average Bonchev–Trinajstić information content (AvgIpc) is 2.93. The van der Waals surface area contributed by atoms with E-state index in [1.165, 1.54) is 23.5 Å². The molecule has 0 aliphatic heterocycles. The average molecular weight is 363 g/mol. The number of hydrogen-bond acceptors (Lipinski definition) is 4. The van der Waals surface area contributed by atoms with Crippen LogP contribution in [0.4, 0.5) is 0 Å². The lowest BCUT2D eigenvalue weighted by Gasteiger charge is -2.14. The highest BCUT2D eigenvalue weighted by atomic mass is 32.2. The number of rotatable bonds is 6. The molecule has 1 aliphatic carbocycles. The van der Waals surface area contributed by atoms with E-state index in [0.29, 0.717) is 6.54 Å². The topological polar surface area (TPSA) is 101 Å². The second-order valence-corrected chi connectivity index (χ2v) is 8.10. The van der Waals surface area contributed by atoms with Crippen LogP contribution in [0.5, 0.6) is 0 Å². The van der Waals surface area contributed by atoms with E-state index in [1.807, 2.05) is 12.1 Å². The van der Waals surface area contributed by atoms with E-state index in [1.54, 1.807) is 0 Å². The van der Waals surface area contributed by atoms with E-state index in [-0.39, 0.29) is 17.4 Å². The van der Waals surface area contributed by atoms with Crippen LogP contribution < -0.4 is 4.72 Å². The van der Waals surface area contributed by atoms with Gasteiger partial charge in [-0.3, -0.25) is 9.48 Å². The molecule has 0 saturated heterocycles. The Hall–Kier alpha value is -2.19. The monoisotopic (exact) mass is 363 g/mol. The number of nitrogens with one attached hydrogen (secondary N) is 1. The van der Waals surface area contributed by atoms with Crippen LogP contribution in [0.25, 0.3) is 0 Å². The lowest BCUT2D eigenvalue weighted by Crippen LogP contribution is -2.29. The molecular formula is C17H21N3O4S. The fraction of sp³-hybridized carbons (Fsp3) is 0.412. The van der Waals surface area contributed by atoms with E-state index in [4.69, 9.17) is 5.11 Å². The molecule has 3 rings (SSSR count). The summed E-state index contributed by atoms with van der Waals surface area (Å²) in [6, 6.07) is 8.35. The molecule has 2 N–H and O–H groups in total. The third-order valence-corrected chi connectivity index (χ3v) is 5.92. The lowest BCUT2D eigenvalue weighted by atomic mass is 10.0. The number of carbonyl (C=O) groups is 1. The molecule has 0 atom stereocenters. The standard InChI is InChI=1S/C17H21N3O4S/c21-17(22)12-20-11-16(10-18-20)25(23,24)19-9-13-5-7-14-3-1-2-4-15(14)8-6-13/h1-4,10-11,13,19H,5-9,12H2,(H,21,22). The first kappa shape index (κ1) is 17.6. The molecule has 7 nitrogen and oxygen atoms in total. The van der Waals surface area contributed by atoms with Gasteiger partial charge in [-0.2, -0.15) is 5.10 Å². The molecule has 0 unspecified atom stereocenters. The fourth-order valence-electron chi connectivity index (χ4n) is 3.13. The van der Waals surface area contributed by atoms with Crippen LogP contribution in [0, 0.1) is 5.92 Å². The molecule has 1 aliphatic rings. The molecule has 0 amide bonds. The quantitative estimate of drug-likeness (QED) is 0.756. The summed E-state index contributed by atoms with van der Waals surface area (Å²) in [5, 5.41) is 12.5. The van der Waals surface area contributed by atoms with Crippen molar-refractivity contribution in [1.29, 1.82) is 0 Å². The van der Waals surface area contributed by atoms with E-state index in [2.05, 4.69) is 22.0 Å². The minimum absolute atomic E-state index is 0.00865. The van der Waals surface area contributed by atoms with Gasteiger partial charge >= 0.3 is 5.97 Å². The maximum atomic E-state index is 12.4. The Morgan fingerprint density at radius 3 is 2.48 bits per heavy atom. The second kappa shape index (κ2) is 7.37. The predicted octanol–water partition coefficient (Wildman–Crippen LogP) is 1.44. The number of aliphatic carboxylic acids is 1. The van der Waals surface area contributed by atoms with Crippen molar-refractivity contribution in [2.24, 2.45) is 5.92 Å². The van der Waals surface area contributed by atoms with Crippen molar-refractivity contribution in [1.82, 2.24) is 14.5 Å². The zero-order valence-electron chi connectivity index (χ0n) is 13.8. The Kier molecular flexibility index (Phi) is 5.19. The van der Waals surface area contributed by atoms with Crippen LogP contribution in [0.3, 0.4) is 0 Å². The smallest absolute Gasteiger partial charge is 0.325 e. The molecule has 0 bridgehead atoms. The number of aromatic nitrogens is 2. The largest absolute Gasteiger partial charge is 0.480 e. The van der Waals surface area contributed by atoms with Crippen molar-refractivity contribution >= 4 is 16.0 Å². The number of hydrogen-bond donors (Lipinski definition) is 2. The number of benzene rings is 1. The van der Waals surface area contributed by atoms with E-state index in [0.717, 1.165) is 30.4 Å². The van der Waals surface area contributed by atoms with Gasteiger partial charge < -0.3 is 5.11 Å². The molecule has 134 valence electrons. The first-order valence-corrected chi connectivity index (χ1v) is 9.73. The Labute approximate surface area is 146 Å². The summed E-state index contributed by atoms with van der Waals surface area (Å²) in [5.74, 6) is -0.797. The summed E-state index contributed by atoms with van der Waals surface area (Å²) in [7, 11) is -3.68. The van der Waals surface area contributed by atoms with Gasteiger partial charge in [0.25, 0.3) is 0 Å². The Bertz CT molecular complexity index is 833. The minimum Gasteiger partial charge on any atom is -0.480 e. The molecule has 0 fully saturated rings. The van der Waals surface area contributed by atoms with Crippen molar-refractivity contribution in [3.05, 3.63) is 47.8 Å². The highest BCUT2D eigenvalue weighted by molar-refractivity contribution is 7.89. The Balaban J connectivity index is 1.59. The molecule has 1 aromatic heterocycles. The molecular weight excluding hydrogens is 342 g/mol. The SMILES string of the molecule is O=C(O)Cn1cc(S(=O)(=O)NCC2CCc3ccccc3CC2)cn1. The van der Waals surface area contributed by atoms with Crippen molar-refractivity contribution < 1.29 is 18.3 Å². The van der Waals surface area contributed by atoms with Crippen LogP contribution in [-0.2, 0) is 34.2 Å². The molecule has 8 heteroatoms. The second-order valence-electron chi connectivity index (χ2n) is 6.33.